The van der Waals surface area contributed by atoms with Gasteiger partial charge in [-0.15, -0.1) is 0 Å². The van der Waals surface area contributed by atoms with Crippen LogP contribution in [0.4, 0.5) is 5.82 Å². The number of likely N-dealkylation sites (N-methyl/N-ethyl adjacent to an activating group) is 1. The zero-order chi connectivity index (χ0) is 18.5. The van der Waals surface area contributed by atoms with Crippen LogP contribution in [0.2, 0.25) is 5.02 Å². The molecule has 1 saturated carbocycles. The number of nitrogens with zero attached hydrogens (tertiary/aromatic N) is 4. The Labute approximate surface area is 162 Å². The average molecular weight is 379 g/mol. The summed E-state index contributed by atoms with van der Waals surface area (Å²) in [6.07, 6.45) is 5.53. The van der Waals surface area contributed by atoms with Crippen molar-refractivity contribution in [3.05, 3.63) is 23.4 Å². The maximum atomic E-state index is 6.29. The van der Waals surface area contributed by atoms with E-state index >= 15 is 0 Å². The van der Waals surface area contributed by atoms with Crippen LogP contribution in [0, 0.1) is 5.92 Å². The lowest BCUT2D eigenvalue weighted by atomic mass is 10.2. The highest BCUT2D eigenvalue weighted by molar-refractivity contribution is 6.32. The number of pyridine rings is 1. The highest BCUT2D eigenvalue weighted by Crippen LogP contribution is 2.34. The summed E-state index contributed by atoms with van der Waals surface area (Å²) in [6, 6.07) is 4.66. The molecule has 7 heteroatoms. The van der Waals surface area contributed by atoms with Gasteiger partial charge in [-0.2, -0.15) is 0 Å². The first-order valence-corrected chi connectivity index (χ1v) is 10.0. The number of anilines is 1. The van der Waals surface area contributed by atoms with Crippen molar-refractivity contribution in [1.82, 2.24) is 20.5 Å². The van der Waals surface area contributed by atoms with Gasteiger partial charge >= 0.3 is 0 Å². The van der Waals surface area contributed by atoms with Crippen LogP contribution < -0.4 is 15.5 Å². The monoisotopic (exact) mass is 378 g/mol. The first-order chi connectivity index (χ1) is 12.6. The minimum absolute atomic E-state index is 0.351. The molecule has 2 heterocycles. The average Bonchev–Trinajstić information content (AvgIpc) is 3.34. The van der Waals surface area contributed by atoms with Crippen molar-refractivity contribution in [1.29, 1.82) is 0 Å². The van der Waals surface area contributed by atoms with Crippen LogP contribution in [0.25, 0.3) is 0 Å². The van der Waals surface area contributed by atoms with Gasteiger partial charge < -0.3 is 20.4 Å². The van der Waals surface area contributed by atoms with Crippen molar-refractivity contribution in [2.24, 2.45) is 10.9 Å². The van der Waals surface area contributed by atoms with E-state index in [0.717, 1.165) is 50.3 Å². The second kappa shape index (κ2) is 8.91. The van der Waals surface area contributed by atoms with Crippen molar-refractivity contribution in [2.45, 2.75) is 38.3 Å². The summed E-state index contributed by atoms with van der Waals surface area (Å²) in [5, 5.41) is 7.70. The minimum Gasteiger partial charge on any atom is -0.357 e. The maximum Gasteiger partial charge on any atom is 0.191 e. The molecule has 1 saturated heterocycles. The van der Waals surface area contributed by atoms with Gasteiger partial charge in [0.15, 0.2) is 5.96 Å². The fourth-order valence-corrected chi connectivity index (χ4v) is 3.83. The van der Waals surface area contributed by atoms with Crippen LogP contribution in [0.1, 0.15) is 26.2 Å². The molecule has 0 aromatic carbocycles. The van der Waals surface area contributed by atoms with Gasteiger partial charge in [-0.3, -0.25) is 4.99 Å². The molecule has 0 bridgehead atoms. The molecule has 2 atom stereocenters. The quantitative estimate of drug-likeness (QED) is 0.562. The van der Waals surface area contributed by atoms with E-state index in [4.69, 9.17) is 16.6 Å². The van der Waals surface area contributed by atoms with E-state index in [1.807, 2.05) is 12.1 Å². The Kier molecular flexibility index (Phi) is 6.59. The Morgan fingerprint density at radius 3 is 2.88 bits per heavy atom. The van der Waals surface area contributed by atoms with Crippen LogP contribution in [0.15, 0.2) is 23.3 Å². The first kappa shape index (κ1) is 19.2. The zero-order valence-corrected chi connectivity index (χ0v) is 16.8. The van der Waals surface area contributed by atoms with E-state index in [1.165, 1.54) is 12.8 Å². The van der Waals surface area contributed by atoms with Gasteiger partial charge in [0.2, 0.25) is 0 Å². The summed E-state index contributed by atoms with van der Waals surface area (Å²) in [7, 11) is 4.31. The number of rotatable bonds is 7. The fourth-order valence-electron chi connectivity index (χ4n) is 3.59. The molecule has 2 aliphatic rings. The molecule has 2 N–H and O–H groups in total. The molecule has 3 rings (SSSR count). The summed E-state index contributed by atoms with van der Waals surface area (Å²) in [5.74, 6) is 2.60. The van der Waals surface area contributed by atoms with Gasteiger partial charge in [0.1, 0.15) is 5.82 Å². The Bertz CT molecular complexity index is 614. The molecule has 6 nitrogen and oxygen atoms in total. The third-order valence-corrected chi connectivity index (χ3v) is 5.47. The Morgan fingerprint density at radius 2 is 2.23 bits per heavy atom. The third-order valence-electron chi connectivity index (χ3n) is 5.18. The predicted molar refractivity (Wildman–Crippen MR) is 109 cm³/mol. The van der Waals surface area contributed by atoms with Gasteiger partial charge in [-0.25, -0.2) is 4.98 Å². The van der Waals surface area contributed by atoms with Crippen molar-refractivity contribution in [2.75, 3.05) is 45.2 Å². The van der Waals surface area contributed by atoms with Crippen LogP contribution >= 0.6 is 11.6 Å². The molecule has 1 aliphatic carbocycles. The molecule has 1 aliphatic heterocycles. The first-order valence-electron chi connectivity index (χ1n) is 9.65. The fraction of sp³-hybridized carbons (Fsp3) is 0.684. The number of aromatic nitrogens is 1. The predicted octanol–water partition coefficient (Wildman–Crippen LogP) is 2.21. The zero-order valence-electron chi connectivity index (χ0n) is 16.1. The van der Waals surface area contributed by atoms with Gasteiger partial charge in [0.25, 0.3) is 0 Å². The van der Waals surface area contributed by atoms with Crippen LogP contribution in [-0.2, 0) is 0 Å². The number of hydrogen-bond donors (Lipinski definition) is 2. The molecule has 1 aromatic rings. The summed E-state index contributed by atoms with van der Waals surface area (Å²) < 4.78 is 0. The SMILES string of the molecule is CCNC(=NCC(C1CC1)N(C)C)NC1CCN(c2ncccc2Cl)C1. The number of aliphatic imine (C=N–C) groups is 1. The normalized spacial score (nSPS) is 22.0. The standard InChI is InChI=1S/C19H31ClN6/c1-4-21-19(23-12-17(25(2)3)14-7-8-14)24-15-9-11-26(13-15)18-16(20)6-5-10-22-18/h5-6,10,14-15,17H,4,7-9,11-13H2,1-3H3,(H2,21,23,24). The summed E-state index contributed by atoms with van der Waals surface area (Å²) in [6.45, 7) is 5.66. The summed E-state index contributed by atoms with van der Waals surface area (Å²) in [5.41, 5.74) is 0. The topological polar surface area (TPSA) is 55.8 Å². The third kappa shape index (κ3) is 5.01. The molecule has 26 heavy (non-hydrogen) atoms. The lowest BCUT2D eigenvalue weighted by Crippen LogP contribution is -2.45. The Morgan fingerprint density at radius 1 is 1.42 bits per heavy atom. The molecular weight excluding hydrogens is 348 g/mol. The van der Waals surface area contributed by atoms with E-state index in [0.29, 0.717) is 17.1 Å². The number of guanidine groups is 1. The highest BCUT2D eigenvalue weighted by atomic mass is 35.5. The van der Waals surface area contributed by atoms with Gasteiger partial charge in [-0.05, 0) is 58.3 Å². The number of nitrogens with one attached hydrogen (secondary N) is 2. The van der Waals surface area contributed by atoms with E-state index in [-0.39, 0.29) is 0 Å². The maximum absolute atomic E-state index is 6.29. The molecular formula is C19H31ClN6. The van der Waals surface area contributed by atoms with Crippen LogP contribution in [-0.4, -0.2) is 68.2 Å². The van der Waals surface area contributed by atoms with Gasteiger partial charge in [-0.1, -0.05) is 11.6 Å². The van der Waals surface area contributed by atoms with Gasteiger partial charge in [0.05, 0.1) is 11.6 Å². The van der Waals surface area contributed by atoms with Crippen LogP contribution in [0.5, 0.6) is 0 Å². The number of hydrogen-bond acceptors (Lipinski definition) is 4. The summed E-state index contributed by atoms with van der Waals surface area (Å²) >= 11 is 6.29. The molecule has 0 amide bonds. The highest BCUT2D eigenvalue weighted by Gasteiger charge is 2.32. The molecule has 0 radical (unpaired) electrons. The van der Waals surface area contributed by atoms with Gasteiger partial charge in [0, 0.05) is 37.9 Å². The largest absolute Gasteiger partial charge is 0.357 e. The van der Waals surface area contributed by atoms with Crippen molar-refractivity contribution >= 4 is 23.4 Å². The number of halogens is 1. The van der Waals surface area contributed by atoms with Crippen molar-refractivity contribution < 1.29 is 0 Å². The van der Waals surface area contributed by atoms with E-state index in [2.05, 4.69) is 46.4 Å². The molecule has 2 unspecified atom stereocenters. The van der Waals surface area contributed by atoms with E-state index in [1.54, 1.807) is 6.20 Å². The minimum atomic E-state index is 0.351. The van der Waals surface area contributed by atoms with E-state index < -0.39 is 0 Å². The second-order valence-electron chi connectivity index (χ2n) is 7.47. The lowest BCUT2D eigenvalue weighted by Gasteiger charge is -2.24. The van der Waals surface area contributed by atoms with E-state index in [9.17, 15) is 0 Å². The molecule has 144 valence electrons. The molecule has 0 spiro atoms. The molecule has 1 aromatic heterocycles. The molecule has 2 fully saturated rings. The van der Waals surface area contributed by atoms with Crippen molar-refractivity contribution in [3.8, 4) is 0 Å². The van der Waals surface area contributed by atoms with Crippen molar-refractivity contribution in [3.63, 3.8) is 0 Å². The summed E-state index contributed by atoms with van der Waals surface area (Å²) in [4.78, 5) is 13.9. The Balaban J connectivity index is 1.58. The second-order valence-corrected chi connectivity index (χ2v) is 7.88. The van der Waals surface area contributed by atoms with Crippen LogP contribution in [0.3, 0.4) is 0 Å². The smallest absolute Gasteiger partial charge is 0.191 e. The lowest BCUT2D eigenvalue weighted by molar-refractivity contribution is 0.271. The Hall–Kier alpha value is -1.53.